The molecule has 2 heterocycles. The van der Waals surface area contributed by atoms with Crippen LogP contribution >= 0.6 is 0 Å². The topological polar surface area (TPSA) is 28.7 Å². The molecular weight excluding hydrogens is 193 g/mol. The number of halogens is 3. The number of rotatable bonds is 0. The molecule has 2 aromatic heterocycles. The number of alkyl halides is 3. The van der Waals surface area contributed by atoms with Gasteiger partial charge in [-0.25, -0.2) is 4.98 Å². The highest BCUT2D eigenvalue weighted by atomic mass is 19.4. The summed E-state index contributed by atoms with van der Waals surface area (Å²) < 4.78 is 36.9. The molecule has 0 saturated carbocycles. The maximum atomic E-state index is 12.3. The third-order valence-corrected chi connectivity index (χ3v) is 2.06. The van der Waals surface area contributed by atoms with Crippen LogP contribution in [-0.2, 0) is 6.18 Å². The summed E-state index contributed by atoms with van der Waals surface area (Å²) >= 11 is 0. The fraction of sp³-hybridized carbons (Fsp3) is 0.222. The summed E-state index contributed by atoms with van der Waals surface area (Å²) in [6.07, 6.45) is -2.86. The fourth-order valence-electron chi connectivity index (χ4n) is 1.31. The molecule has 2 nitrogen and oxygen atoms in total. The number of nitrogens with one attached hydrogen (secondary N) is 1. The van der Waals surface area contributed by atoms with Gasteiger partial charge in [0.1, 0.15) is 11.3 Å². The van der Waals surface area contributed by atoms with E-state index in [0.29, 0.717) is 5.39 Å². The molecule has 14 heavy (non-hydrogen) atoms. The average Bonchev–Trinajstić information content (AvgIpc) is 2.48. The molecule has 0 spiro atoms. The minimum absolute atomic E-state index is 0.275. The number of hydrogen-bond acceptors (Lipinski definition) is 1. The zero-order valence-electron chi connectivity index (χ0n) is 7.31. The van der Waals surface area contributed by atoms with Gasteiger partial charge in [0.15, 0.2) is 0 Å². The number of aryl methyl sites for hydroxylation is 1. The Morgan fingerprint density at radius 1 is 1.36 bits per heavy atom. The predicted octanol–water partition coefficient (Wildman–Crippen LogP) is 2.89. The number of aromatic amines is 1. The molecule has 0 bridgehead atoms. The third kappa shape index (κ3) is 1.34. The van der Waals surface area contributed by atoms with Gasteiger partial charge in [-0.15, -0.1) is 0 Å². The van der Waals surface area contributed by atoms with E-state index in [1.54, 1.807) is 13.0 Å². The number of nitrogens with zero attached hydrogens (tertiary/aromatic N) is 1. The van der Waals surface area contributed by atoms with E-state index in [1.165, 1.54) is 6.20 Å². The van der Waals surface area contributed by atoms with Crippen LogP contribution in [-0.4, -0.2) is 9.97 Å². The zero-order valence-corrected chi connectivity index (χ0v) is 7.31. The molecule has 0 aliphatic carbocycles. The van der Waals surface area contributed by atoms with Gasteiger partial charge < -0.3 is 4.98 Å². The van der Waals surface area contributed by atoms with Crippen LogP contribution in [0.4, 0.5) is 13.2 Å². The molecule has 2 aromatic rings. The number of H-pyrrole nitrogens is 1. The fourth-order valence-corrected chi connectivity index (χ4v) is 1.31. The Morgan fingerprint density at radius 3 is 2.64 bits per heavy atom. The van der Waals surface area contributed by atoms with Crippen molar-refractivity contribution in [1.29, 1.82) is 0 Å². The molecule has 0 aromatic carbocycles. The SMILES string of the molecule is Cc1ccnc2[nH]c(C(F)(F)F)cc12. The van der Waals surface area contributed by atoms with Crippen molar-refractivity contribution in [3.8, 4) is 0 Å². The van der Waals surface area contributed by atoms with Gasteiger partial charge >= 0.3 is 6.18 Å². The molecule has 2 rings (SSSR count). The summed E-state index contributed by atoms with van der Waals surface area (Å²) in [4.78, 5) is 6.06. The molecule has 0 atom stereocenters. The second-order valence-electron chi connectivity index (χ2n) is 3.07. The highest BCUT2D eigenvalue weighted by molar-refractivity contribution is 5.80. The van der Waals surface area contributed by atoms with Crippen LogP contribution in [0.3, 0.4) is 0 Å². The summed E-state index contributed by atoms with van der Waals surface area (Å²) in [6.45, 7) is 1.75. The van der Waals surface area contributed by atoms with Gasteiger partial charge in [0.05, 0.1) is 0 Å². The summed E-state index contributed by atoms with van der Waals surface area (Å²) in [7, 11) is 0. The minimum Gasteiger partial charge on any atom is -0.336 e. The van der Waals surface area contributed by atoms with Crippen LogP contribution < -0.4 is 0 Å². The van der Waals surface area contributed by atoms with Gasteiger partial charge in [-0.05, 0) is 24.6 Å². The lowest BCUT2D eigenvalue weighted by Gasteiger charge is -2.00. The van der Waals surface area contributed by atoms with Crippen LogP contribution in [0, 0.1) is 6.92 Å². The maximum Gasteiger partial charge on any atom is 0.431 e. The lowest BCUT2D eigenvalue weighted by molar-refractivity contribution is -0.140. The first kappa shape index (κ1) is 9.05. The lowest BCUT2D eigenvalue weighted by Crippen LogP contribution is -2.04. The lowest BCUT2D eigenvalue weighted by atomic mass is 10.2. The van der Waals surface area contributed by atoms with E-state index in [-0.39, 0.29) is 5.65 Å². The first-order valence-corrected chi connectivity index (χ1v) is 4.00. The Bertz CT molecular complexity index is 470. The Morgan fingerprint density at radius 2 is 2.07 bits per heavy atom. The molecule has 0 radical (unpaired) electrons. The number of fused-ring (bicyclic) bond motifs is 1. The predicted molar refractivity (Wildman–Crippen MR) is 45.8 cm³/mol. The van der Waals surface area contributed by atoms with Crippen molar-refractivity contribution in [3.05, 3.63) is 29.6 Å². The summed E-state index contributed by atoms with van der Waals surface area (Å²) in [5.41, 5.74) is 0.299. The summed E-state index contributed by atoms with van der Waals surface area (Å²) in [5, 5.41) is 0.514. The van der Waals surface area contributed by atoms with Crippen LogP contribution in [0.25, 0.3) is 11.0 Å². The van der Waals surface area contributed by atoms with E-state index < -0.39 is 11.9 Å². The molecule has 0 unspecified atom stereocenters. The van der Waals surface area contributed by atoms with Gasteiger partial charge in [-0.2, -0.15) is 13.2 Å². The first-order chi connectivity index (χ1) is 6.48. The Hall–Kier alpha value is -1.52. The number of pyridine rings is 1. The van der Waals surface area contributed by atoms with E-state index in [4.69, 9.17) is 0 Å². The van der Waals surface area contributed by atoms with Crippen LogP contribution in [0.1, 0.15) is 11.3 Å². The summed E-state index contributed by atoms with van der Waals surface area (Å²) in [5.74, 6) is 0. The van der Waals surface area contributed by atoms with Gasteiger partial charge in [-0.1, -0.05) is 0 Å². The van der Waals surface area contributed by atoms with Crippen molar-refractivity contribution in [2.24, 2.45) is 0 Å². The highest BCUT2D eigenvalue weighted by Crippen LogP contribution is 2.31. The van der Waals surface area contributed by atoms with Gasteiger partial charge in [0.2, 0.25) is 0 Å². The van der Waals surface area contributed by atoms with Crippen LogP contribution in [0.15, 0.2) is 18.3 Å². The molecule has 0 aliphatic rings. The van der Waals surface area contributed by atoms with E-state index in [1.807, 2.05) is 0 Å². The van der Waals surface area contributed by atoms with Gasteiger partial charge in [0.25, 0.3) is 0 Å². The number of aromatic nitrogens is 2. The van der Waals surface area contributed by atoms with Gasteiger partial charge in [-0.3, -0.25) is 0 Å². The van der Waals surface area contributed by atoms with E-state index in [2.05, 4.69) is 9.97 Å². The van der Waals surface area contributed by atoms with Crippen molar-refractivity contribution in [3.63, 3.8) is 0 Å². The quantitative estimate of drug-likeness (QED) is 0.695. The minimum atomic E-state index is -4.34. The molecule has 74 valence electrons. The standard InChI is InChI=1S/C9H7F3N2/c1-5-2-3-13-8-6(5)4-7(14-8)9(10,11)12/h2-4H,1H3,(H,13,14). The Kier molecular flexibility index (Phi) is 1.77. The van der Waals surface area contributed by atoms with E-state index in [0.717, 1.165) is 11.6 Å². The second-order valence-corrected chi connectivity index (χ2v) is 3.07. The second kappa shape index (κ2) is 2.73. The molecular formula is C9H7F3N2. The van der Waals surface area contributed by atoms with Gasteiger partial charge in [0, 0.05) is 11.6 Å². The molecule has 0 saturated heterocycles. The first-order valence-electron chi connectivity index (χ1n) is 4.00. The van der Waals surface area contributed by atoms with Crippen LogP contribution in [0.2, 0.25) is 0 Å². The molecule has 0 aliphatic heterocycles. The smallest absolute Gasteiger partial charge is 0.336 e. The van der Waals surface area contributed by atoms with E-state index >= 15 is 0 Å². The van der Waals surface area contributed by atoms with Crippen molar-refractivity contribution in [2.75, 3.05) is 0 Å². The molecule has 5 heteroatoms. The van der Waals surface area contributed by atoms with Crippen molar-refractivity contribution < 1.29 is 13.2 Å². The maximum absolute atomic E-state index is 12.3. The van der Waals surface area contributed by atoms with Crippen molar-refractivity contribution in [1.82, 2.24) is 9.97 Å². The Balaban J connectivity index is 2.69. The third-order valence-electron chi connectivity index (χ3n) is 2.06. The van der Waals surface area contributed by atoms with Crippen molar-refractivity contribution >= 4 is 11.0 Å². The Labute approximate surface area is 77.8 Å². The highest BCUT2D eigenvalue weighted by Gasteiger charge is 2.32. The summed E-state index contributed by atoms with van der Waals surface area (Å²) in [6, 6.07) is 2.76. The normalized spacial score (nSPS) is 12.3. The molecule has 0 fully saturated rings. The number of hydrogen-bond donors (Lipinski definition) is 1. The molecule has 1 N–H and O–H groups in total. The average molecular weight is 200 g/mol. The largest absolute Gasteiger partial charge is 0.431 e. The van der Waals surface area contributed by atoms with Crippen molar-refractivity contribution in [2.45, 2.75) is 13.1 Å². The monoisotopic (exact) mass is 200 g/mol. The zero-order chi connectivity index (χ0) is 10.3. The van der Waals surface area contributed by atoms with E-state index in [9.17, 15) is 13.2 Å². The molecule has 0 amide bonds. The van der Waals surface area contributed by atoms with Crippen LogP contribution in [0.5, 0.6) is 0 Å².